The number of imidazole rings is 1. The van der Waals surface area contributed by atoms with Crippen molar-refractivity contribution in [3.05, 3.63) is 18.2 Å². The normalized spacial score (nSPS) is 14.4. The maximum absolute atomic E-state index is 9.56. The largest absolute Gasteiger partial charge is 0.391 e. The van der Waals surface area contributed by atoms with E-state index in [0.717, 1.165) is 25.3 Å². The van der Waals surface area contributed by atoms with Crippen LogP contribution in [-0.2, 0) is 13.1 Å². The van der Waals surface area contributed by atoms with Crippen LogP contribution >= 0.6 is 23.2 Å². The third kappa shape index (κ3) is 5.97. The van der Waals surface area contributed by atoms with Crippen LogP contribution in [0.1, 0.15) is 12.2 Å². The van der Waals surface area contributed by atoms with Gasteiger partial charge >= 0.3 is 0 Å². The van der Waals surface area contributed by atoms with Gasteiger partial charge in [-0.05, 0) is 13.0 Å². The number of hydrogen-bond acceptors (Lipinski definition) is 3. The number of alkyl halides is 2. The Morgan fingerprint density at radius 3 is 2.65 bits per heavy atom. The molecule has 0 spiro atoms. The monoisotopic (exact) mass is 324 g/mol. The molecule has 2 unspecified atom stereocenters. The number of rotatable bonds is 10. The van der Waals surface area contributed by atoms with Gasteiger partial charge in [-0.1, -0.05) is 0 Å². The van der Waals surface area contributed by atoms with Crippen LogP contribution in [0.3, 0.4) is 0 Å². The summed E-state index contributed by atoms with van der Waals surface area (Å²) in [6.45, 7) is 4.78. The Morgan fingerprint density at radius 1 is 1.30 bits per heavy atom. The fourth-order valence-electron chi connectivity index (χ4n) is 1.94. The quantitative estimate of drug-likeness (QED) is 0.329. The molecule has 1 rings (SSSR count). The van der Waals surface area contributed by atoms with Crippen molar-refractivity contribution < 1.29 is 14.8 Å². The Hall–Kier alpha value is -0.330. The van der Waals surface area contributed by atoms with Crippen molar-refractivity contribution in [2.75, 3.05) is 24.8 Å². The summed E-state index contributed by atoms with van der Waals surface area (Å²) in [7, 11) is 0. The number of nitrogens with one attached hydrogen (secondary N) is 1. The molecule has 5 nitrogen and oxygen atoms in total. The average Bonchev–Trinajstić information content (AvgIpc) is 2.79. The maximum Gasteiger partial charge on any atom is 0.253 e. The SMILES string of the molecule is Cc1n(CCCNCC(O)CCl)cc[n+]1CC(O)CCl. The minimum absolute atomic E-state index is 0.241. The van der Waals surface area contributed by atoms with Gasteiger partial charge < -0.3 is 15.5 Å². The molecule has 0 saturated heterocycles. The molecule has 116 valence electrons. The predicted molar refractivity (Wildman–Crippen MR) is 80.3 cm³/mol. The lowest BCUT2D eigenvalue weighted by Crippen LogP contribution is -2.42. The van der Waals surface area contributed by atoms with Gasteiger partial charge in [-0.3, -0.25) is 0 Å². The van der Waals surface area contributed by atoms with E-state index in [0.29, 0.717) is 13.1 Å². The number of hydrogen-bond donors (Lipinski definition) is 3. The number of aryl methyl sites for hydroxylation is 1. The Bertz CT molecular complexity index is 388. The Kier molecular flexibility index (Phi) is 8.49. The summed E-state index contributed by atoms with van der Waals surface area (Å²) in [6.07, 6.45) is 3.92. The first kappa shape index (κ1) is 17.7. The Labute approximate surface area is 130 Å². The molecule has 0 amide bonds. The Balaban J connectivity index is 2.30. The highest BCUT2D eigenvalue weighted by Gasteiger charge is 2.15. The van der Waals surface area contributed by atoms with E-state index in [2.05, 4.69) is 9.88 Å². The first-order valence-electron chi connectivity index (χ1n) is 6.82. The maximum atomic E-state index is 9.56. The van der Waals surface area contributed by atoms with Gasteiger partial charge in [0.05, 0.1) is 18.5 Å². The van der Waals surface area contributed by atoms with E-state index in [4.69, 9.17) is 23.2 Å². The summed E-state index contributed by atoms with van der Waals surface area (Å²) in [5.74, 6) is 1.59. The standard InChI is InChI=1S/C13H24Cl2N3O2/c1-11-17(4-2-3-16-9-12(19)7-14)5-6-18(11)10-13(20)8-15/h5-6,12-13,16,19-20H,2-4,7-10H2,1H3/q+1. The third-order valence-corrected chi connectivity index (χ3v) is 3.87. The van der Waals surface area contributed by atoms with Crippen molar-refractivity contribution in [2.24, 2.45) is 0 Å². The summed E-state index contributed by atoms with van der Waals surface area (Å²) in [4.78, 5) is 0. The number of aromatic nitrogens is 2. The molecule has 0 saturated carbocycles. The van der Waals surface area contributed by atoms with Gasteiger partial charge in [-0.25, -0.2) is 9.13 Å². The lowest BCUT2D eigenvalue weighted by Gasteiger charge is -2.08. The zero-order chi connectivity index (χ0) is 15.0. The van der Waals surface area contributed by atoms with Crippen LogP contribution in [0.2, 0.25) is 0 Å². The minimum atomic E-state index is -0.519. The zero-order valence-corrected chi connectivity index (χ0v) is 13.3. The molecule has 0 fully saturated rings. The molecule has 3 N–H and O–H groups in total. The molecule has 0 aliphatic heterocycles. The number of nitrogens with zero attached hydrogens (tertiary/aromatic N) is 2. The lowest BCUT2D eigenvalue weighted by molar-refractivity contribution is -0.708. The van der Waals surface area contributed by atoms with Crippen molar-refractivity contribution >= 4 is 23.2 Å². The second-order valence-electron chi connectivity index (χ2n) is 4.87. The van der Waals surface area contributed by atoms with E-state index in [1.807, 2.05) is 23.9 Å². The van der Waals surface area contributed by atoms with E-state index >= 15 is 0 Å². The topological polar surface area (TPSA) is 61.3 Å². The van der Waals surface area contributed by atoms with Crippen LogP contribution in [-0.4, -0.2) is 51.8 Å². The van der Waals surface area contributed by atoms with E-state index in [9.17, 15) is 10.2 Å². The zero-order valence-electron chi connectivity index (χ0n) is 11.8. The molecule has 20 heavy (non-hydrogen) atoms. The average molecular weight is 325 g/mol. The van der Waals surface area contributed by atoms with Crippen LogP contribution in [0.25, 0.3) is 0 Å². The lowest BCUT2D eigenvalue weighted by atomic mass is 10.3. The number of halogens is 2. The van der Waals surface area contributed by atoms with Gasteiger partial charge in [-0.15, -0.1) is 23.2 Å². The summed E-state index contributed by atoms with van der Waals surface area (Å²) >= 11 is 11.1. The van der Waals surface area contributed by atoms with Crippen molar-refractivity contribution in [2.45, 2.75) is 38.6 Å². The second kappa shape index (κ2) is 9.58. The molecule has 0 aromatic carbocycles. The molecule has 0 aliphatic carbocycles. The number of aliphatic hydroxyl groups is 2. The first-order chi connectivity index (χ1) is 9.58. The molecular weight excluding hydrogens is 301 g/mol. The molecule has 1 aromatic heterocycles. The van der Waals surface area contributed by atoms with Crippen LogP contribution in [0, 0.1) is 6.92 Å². The van der Waals surface area contributed by atoms with Crippen molar-refractivity contribution in [3.8, 4) is 0 Å². The summed E-state index contributed by atoms with van der Waals surface area (Å²) in [5.41, 5.74) is 0. The van der Waals surface area contributed by atoms with E-state index < -0.39 is 12.2 Å². The van der Waals surface area contributed by atoms with Crippen LogP contribution in [0.4, 0.5) is 0 Å². The number of aliphatic hydroxyl groups excluding tert-OH is 2. The summed E-state index contributed by atoms with van der Waals surface area (Å²) in [5, 5.41) is 22.0. The second-order valence-corrected chi connectivity index (χ2v) is 5.48. The summed E-state index contributed by atoms with van der Waals surface area (Å²) < 4.78 is 4.14. The smallest absolute Gasteiger partial charge is 0.253 e. The highest BCUT2D eigenvalue weighted by Crippen LogP contribution is 1.98. The van der Waals surface area contributed by atoms with Crippen molar-refractivity contribution in [1.82, 2.24) is 9.88 Å². The van der Waals surface area contributed by atoms with Gasteiger partial charge in [0.25, 0.3) is 5.82 Å². The highest BCUT2D eigenvalue weighted by atomic mass is 35.5. The Morgan fingerprint density at radius 2 is 2.00 bits per heavy atom. The van der Waals surface area contributed by atoms with E-state index in [-0.39, 0.29) is 11.8 Å². The van der Waals surface area contributed by atoms with E-state index in [1.165, 1.54) is 0 Å². The van der Waals surface area contributed by atoms with Gasteiger partial charge in [-0.2, -0.15) is 0 Å². The van der Waals surface area contributed by atoms with Gasteiger partial charge in [0.2, 0.25) is 0 Å². The van der Waals surface area contributed by atoms with Crippen LogP contribution in [0.5, 0.6) is 0 Å². The molecule has 0 radical (unpaired) electrons. The van der Waals surface area contributed by atoms with Crippen molar-refractivity contribution in [3.63, 3.8) is 0 Å². The molecule has 7 heteroatoms. The highest BCUT2D eigenvalue weighted by molar-refractivity contribution is 6.18. The van der Waals surface area contributed by atoms with Gasteiger partial charge in [0.1, 0.15) is 25.0 Å². The predicted octanol–water partition coefficient (Wildman–Crippen LogP) is 0.263. The molecule has 1 heterocycles. The van der Waals surface area contributed by atoms with Crippen LogP contribution in [0.15, 0.2) is 12.4 Å². The molecule has 0 bridgehead atoms. The van der Waals surface area contributed by atoms with Gasteiger partial charge in [0.15, 0.2) is 0 Å². The first-order valence-corrected chi connectivity index (χ1v) is 7.89. The molecule has 0 aliphatic rings. The molecule has 2 atom stereocenters. The van der Waals surface area contributed by atoms with Crippen LogP contribution < -0.4 is 9.88 Å². The van der Waals surface area contributed by atoms with Gasteiger partial charge in [0, 0.05) is 19.3 Å². The minimum Gasteiger partial charge on any atom is -0.391 e. The summed E-state index contributed by atoms with van der Waals surface area (Å²) in [6, 6.07) is 0. The molecular formula is C13H24Cl2N3O2+. The fourth-order valence-corrected chi connectivity index (χ4v) is 2.15. The molecule has 1 aromatic rings. The third-order valence-electron chi connectivity index (χ3n) is 3.15. The van der Waals surface area contributed by atoms with E-state index in [1.54, 1.807) is 0 Å². The fraction of sp³-hybridized carbons (Fsp3) is 0.769. The van der Waals surface area contributed by atoms with Crippen molar-refractivity contribution in [1.29, 1.82) is 0 Å².